The Bertz CT molecular complexity index is 1190. The van der Waals surface area contributed by atoms with Crippen molar-refractivity contribution in [3.8, 4) is 5.75 Å². The van der Waals surface area contributed by atoms with Crippen LogP contribution >= 0.6 is 11.6 Å². The monoisotopic (exact) mass is 446 g/mol. The van der Waals surface area contributed by atoms with E-state index in [1.54, 1.807) is 26.0 Å². The highest BCUT2D eigenvalue weighted by Crippen LogP contribution is 2.33. The second-order valence-corrected chi connectivity index (χ2v) is 7.68. The predicted molar refractivity (Wildman–Crippen MR) is 113 cm³/mol. The molecule has 0 saturated heterocycles. The van der Waals surface area contributed by atoms with Crippen LogP contribution in [0.5, 0.6) is 5.75 Å². The van der Waals surface area contributed by atoms with Gasteiger partial charge in [-0.1, -0.05) is 11.6 Å². The molecular weight excluding hydrogens is 427 g/mol. The SMILES string of the molecule is Cc1c(CC(=O)NC(C)CC(=O)O)c2c(F)c(O)ccc2n1C(=O)c1ccc(Cl)cc1. The molecule has 162 valence electrons. The maximum absolute atomic E-state index is 14.9. The van der Waals surface area contributed by atoms with Crippen molar-refractivity contribution in [2.45, 2.75) is 32.7 Å². The number of phenols is 1. The van der Waals surface area contributed by atoms with E-state index in [0.29, 0.717) is 16.3 Å². The highest BCUT2D eigenvalue weighted by atomic mass is 35.5. The van der Waals surface area contributed by atoms with Gasteiger partial charge in [0.2, 0.25) is 5.91 Å². The Morgan fingerprint density at radius 2 is 1.81 bits per heavy atom. The first kappa shape index (κ1) is 22.3. The molecule has 3 N–H and O–H groups in total. The Morgan fingerprint density at radius 1 is 1.16 bits per heavy atom. The summed E-state index contributed by atoms with van der Waals surface area (Å²) < 4.78 is 16.1. The molecule has 3 rings (SSSR count). The van der Waals surface area contributed by atoms with Crippen LogP contribution < -0.4 is 5.32 Å². The van der Waals surface area contributed by atoms with Gasteiger partial charge in [-0.15, -0.1) is 0 Å². The molecule has 31 heavy (non-hydrogen) atoms. The van der Waals surface area contributed by atoms with Gasteiger partial charge in [0.05, 0.1) is 18.4 Å². The van der Waals surface area contributed by atoms with Gasteiger partial charge in [0.1, 0.15) is 0 Å². The molecule has 0 bridgehead atoms. The number of aromatic nitrogens is 1. The lowest BCUT2D eigenvalue weighted by Crippen LogP contribution is -2.35. The Kier molecular flexibility index (Phi) is 6.31. The van der Waals surface area contributed by atoms with E-state index in [4.69, 9.17) is 16.7 Å². The summed E-state index contributed by atoms with van der Waals surface area (Å²) >= 11 is 5.88. The van der Waals surface area contributed by atoms with Crippen LogP contribution in [-0.4, -0.2) is 38.6 Å². The van der Waals surface area contributed by atoms with Gasteiger partial charge in [-0.3, -0.25) is 19.0 Å². The standard InChI is InChI=1S/C22H20ClFN2O5/c1-11(9-19(29)30)25-18(28)10-15-12(2)26(16-7-8-17(27)21(24)20(15)16)22(31)13-3-5-14(23)6-4-13/h3-8,11,27H,9-10H2,1-2H3,(H,25,28)(H,29,30). The van der Waals surface area contributed by atoms with Crippen LogP contribution in [0.15, 0.2) is 36.4 Å². The van der Waals surface area contributed by atoms with Gasteiger partial charge in [0.15, 0.2) is 11.6 Å². The Morgan fingerprint density at radius 3 is 2.42 bits per heavy atom. The number of nitrogens with zero attached hydrogens (tertiary/aromatic N) is 1. The van der Waals surface area contributed by atoms with Crippen LogP contribution in [0.1, 0.15) is 35.0 Å². The van der Waals surface area contributed by atoms with Gasteiger partial charge < -0.3 is 15.5 Å². The molecule has 0 aliphatic heterocycles. The molecule has 9 heteroatoms. The number of carboxylic acids is 1. The van der Waals surface area contributed by atoms with E-state index in [1.165, 1.54) is 22.8 Å². The molecule has 7 nitrogen and oxygen atoms in total. The van der Waals surface area contributed by atoms with Crippen molar-refractivity contribution in [3.63, 3.8) is 0 Å². The van der Waals surface area contributed by atoms with Crippen LogP contribution in [0.4, 0.5) is 4.39 Å². The van der Waals surface area contributed by atoms with Crippen LogP contribution in [0.25, 0.3) is 10.9 Å². The van der Waals surface area contributed by atoms with E-state index in [2.05, 4.69) is 5.32 Å². The zero-order valence-electron chi connectivity index (χ0n) is 16.8. The second kappa shape index (κ2) is 8.77. The predicted octanol–water partition coefficient (Wildman–Crippen LogP) is 3.66. The molecule has 1 aromatic heterocycles. The quantitative estimate of drug-likeness (QED) is 0.535. The molecule has 0 fully saturated rings. The first-order valence-electron chi connectivity index (χ1n) is 9.43. The highest BCUT2D eigenvalue weighted by Gasteiger charge is 2.25. The van der Waals surface area contributed by atoms with E-state index < -0.39 is 35.4 Å². The van der Waals surface area contributed by atoms with Crippen molar-refractivity contribution in [3.05, 3.63) is 64.1 Å². The number of benzene rings is 2. The smallest absolute Gasteiger partial charge is 0.305 e. The number of aliphatic carboxylic acids is 1. The van der Waals surface area contributed by atoms with Crippen LogP contribution in [0.2, 0.25) is 5.02 Å². The van der Waals surface area contributed by atoms with Gasteiger partial charge in [-0.2, -0.15) is 0 Å². The van der Waals surface area contributed by atoms with Gasteiger partial charge in [0, 0.05) is 27.7 Å². The summed E-state index contributed by atoms with van der Waals surface area (Å²) in [6, 6.07) is 8.10. The fourth-order valence-corrected chi connectivity index (χ4v) is 3.65. The third kappa shape index (κ3) is 4.54. The van der Waals surface area contributed by atoms with Crippen molar-refractivity contribution in [2.24, 2.45) is 0 Å². The average Bonchev–Trinajstić information content (AvgIpc) is 2.96. The number of fused-ring (bicyclic) bond motifs is 1. The lowest BCUT2D eigenvalue weighted by Gasteiger charge is -2.12. The fourth-order valence-electron chi connectivity index (χ4n) is 3.52. The molecule has 1 heterocycles. The fraction of sp³-hybridized carbons (Fsp3) is 0.227. The minimum absolute atomic E-state index is 0.0409. The first-order valence-corrected chi connectivity index (χ1v) is 9.80. The summed E-state index contributed by atoms with van der Waals surface area (Å²) in [5, 5.41) is 21.7. The lowest BCUT2D eigenvalue weighted by molar-refractivity contribution is -0.137. The number of carbonyl (C=O) groups excluding carboxylic acids is 2. The molecule has 3 aromatic rings. The van der Waals surface area contributed by atoms with E-state index >= 15 is 0 Å². The van der Waals surface area contributed by atoms with E-state index in [0.717, 1.165) is 6.07 Å². The summed E-state index contributed by atoms with van der Waals surface area (Å²) in [6.45, 7) is 3.12. The van der Waals surface area contributed by atoms with Crippen molar-refractivity contribution >= 4 is 40.3 Å². The molecule has 1 atom stereocenters. The first-order chi connectivity index (χ1) is 14.6. The topological polar surface area (TPSA) is 109 Å². The number of carboxylic acid groups (broad SMARTS) is 1. The maximum Gasteiger partial charge on any atom is 0.305 e. The highest BCUT2D eigenvalue weighted by molar-refractivity contribution is 6.30. The molecule has 2 aromatic carbocycles. The minimum Gasteiger partial charge on any atom is -0.505 e. The molecule has 1 amide bonds. The van der Waals surface area contributed by atoms with Crippen molar-refractivity contribution in [2.75, 3.05) is 0 Å². The van der Waals surface area contributed by atoms with Gasteiger partial charge in [-0.05, 0) is 55.8 Å². The Labute approximate surface area is 182 Å². The number of carbonyl (C=O) groups is 3. The molecule has 0 saturated carbocycles. The number of aromatic hydroxyl groups is 1. The van der Waals surface area contributed by atoms with Gasteiger partial charge in [-0.25, -0.2) is 4.39 Å². The summed E-state index contributed by atoms with van der Waals surface area (Å²) in [7, 11) is 0. The van der Waals surface area contributed by atoms with Crippen LogP contribution in [0, 0.1) is 12.7 Å². The van der Waals surface area contributed by atoms with E-state index in [1.807, 2.05) is 0 Å². The number of phenolic OH excluding ortho intramolecular Hbond substituents is 1. The molecular formula is C22H20ClFN2O5. The summed E-state index contributed by atoms with van der Waals surface area (Å²) in [5.41, 5.74) is 1.07. The van der Waals surface area contributed by atoms with Crippen LogP contribution in [-0.2, 0) is 16.0 Å². The Balaban J connectivity index is 2.07. The number of nitrogens with one attached hydrogen (secondary N) is 1. The number of hydrogen-bond donors (Lipinski definition) is 3. The Hall–Kier alpha value is -3.39. The summed E-state index contributed by atoms with van der Waals surface area (Å²) in [5.74, 6) is -3.59. The molecule has 0 aliphatic rings. The third-order valence-corrected chi connectivity index (χ3v) is 5.19. The van der Waals surface area contributed by atoms with Crippen molar-refractivity contribution < 1.29 is 29.0 Å². The normalized spacial score (nSPS) is 12.0. The van der Waals surface area contributed by atoms with Gasteiger partial charge in [0.25, 0.3) is 5.91 Å². The second-order valence-electron chi connectivity index (χ2n) is 7.25. The maximum atomic E-state index is 14.9. The number of halogens is 2. The number of amides is 1. The van der Waals surface area contributed by atoms with E-state index in [-0.39, 0.29) is 29.3 Å². The largest absolute Gasteiger partial charge is 0.505 e. The van der Waals surface area contributed by atoms with Gasteiger partial charge >= 0.3 is 5.97 Å². The zero-order valence-corrected chi connectivity index (χ0v) is 17.5. The number of rotatable bonds is 6. The number of hydrogen-bond acceptors (Lipinski definition) is 4. The minimum atomic E-state index is -1.06. The molecule has 1 unspecified atom stereocenters. The third-order valence-electron chi connectivity index (χ3n) is 4.93. The lowest BCUT2D eigenvalue weighted by atomic mass is 10.1. The molecule has 0 aliphatic carbocycles. The molecule has 0 radical (unpaired) electrons. The zero-order chi connectivity index (χ0) is 22.9. The summed E-state index contributed by atoms with van der Waals surface area (Å²) in [6.07, 6.45) is -0.565. The van der Waals surface area contributed by atoms with E-state index in [9.17, 15) is 23.9 Å². The van der Waals surface area contributed by atoms with Crippen LogP contribution in [0.3, 0.4) is 0 Å². The summed E-state index contributed by atoms with van der Waals surface area (Å²) in [4.78, 5) is 36.5. The average molecular weight is 447 g/mol. The van der Waals surface area contributed by atoms with Crippen molar-refractivity contribution in [1.82, 2.24) is 9.88 Å². The molecule has 0 spiro atoms. The van der Waals surface area contributed by atoms with Crippen molar-refractivity contribution in [1.29, 1.82) is 0 Å².